The molecule has 0 aliphatic rings. The van der Waals surface area contributed by atoms with E-state index in [1.165, 1.54) is 0 Å². The fourth-order valence-electron chi connectivity index (χ4n) is 1.09. The van der Waals surface area contributed by atoms with Crippen molar-refractivity contribution in [3.63, 3.8) is 0 Å². The highest BCUT2D eigenvalue weighted by Gasteiger charge is 2.90. The van der Waals surface area contributed by atoms with Crippen molar-refractivity contribution in [3.05, 3.63) is 12.2 Å². The number of hydrogen-bond donors (Lipinski definition) is 0. The third kappa shape index (κ3) is 3.75. The smallest absolute Gasteiger partial charge is 0.195 e. The van der Waals surface area contributed by atoms with Gasteiger partial charge in [-0.3, -0.25) is 0 Å². The van der Waals surface area contributed by atoms with E-state index in [0.717, 1.165) is 0 Å². The van der Waals surface area contributed by atoms with Gasteiger partial charge in [-0.05, 0) is 6.08 Å². The summed E-state index contributed by atoms with van der Waals surface area (Å²) in [4.78, 5) is 0. The van der Waals surface area contributed by atoms with Crippen molar-refractivity contribution >= 4 is 0 Å². The van der Waals surface area contributed by atoms with Crippen LogP contribution in [0.15, 0.2) is 12.2 Å². The van der Waals surface area contributed by atoms with Crippen LogP contribution in [0.5, 0.6) is 0 Å². The van der Waals surface area contributed by atoms with E-state index in [2.05, 4.69) is 0 Å². The lowest BCUT2D eigenvalue weighted by atomic mass is 9.94. The molecule has 25 heavy (non-hydrogen) atoms. The van der Waals surface area contributed by atoms with Gasteiger partial charge in [-0.2, -0.15) is 70.2 Å². The second-order valence-corrected chi connectivity index (χ2v) is 4.29. The molecule has 150 valence electrons. The summed E-state index contributed by atoms with van der Waals surface area (Å²) < 4.78 is 197. The van der Waals surface area contributed by atoms with Crippen LogP contribution in [-0.2, 0) is 0 Å². The number of rotatable bonds is 5. The Balaban J connectivity index is 6.26. The molecule has 0 aromatic rings. The zero-order valence-corrected chi connectivity index (χ0v) is 10.7. The minimum atomic E-state index is -8.14. The Hall–Kier alpha value is -1.38. The van der Waals surface area contributed by atoms with Crippen LogP contribution in [0, 0.1) is 0 Å². The molecule has 0 unspecified atom stereocenters. The minimum Gasteiger partial charge on any atom is -0.195 e. The van der Waals surface area contributed by atoms with Gasteiger partial charge in [0, 0.05) is 6.08 Å². The SMILES string of the molecule is FC(F)(F)C=CC(F)(F)C(F)(F)C(F)(F)C(F)(F)C(F)(F)C(F)(F)F. The zero-order valence-electron chi connectivity index (χ0n) is 10.7. The molecule has 0 heterocycles. The summed E-state index contributed by atoms with van der Waals surface area (Å²) in [6.45, 7) is 0. The lowest BCUT2D eigenvalue weighted by molar-refractivity contribution is -0.436. The van der Waals surface area contributed by atoms with Crippen LogP contribution < -0.4 is 0 Å². The number of hydrogen-bond acceptors (Lipinski definition) is 0. The van der Waals surface area contributed by atoms with Gasteiger partial charge < -0.3 is 0 Å². The first-order valence-corrected chi connectivity index (χ1v) is 5.18. The second kappa shape index (κ2) is 5.82. The van der Waals surface area contributed by atoms with Gasteiger partial charge in [-0.15, -0.1) is 0 Å². The molecule has 0 aliphatic carbocycles. The lowest BCUT2D eigenvalue weighted by Gasteiger charge is -2.39. The van der Waals surface area contributed by atoms with Crippen LogP contribution in [0.1, 0.15) is 0 Å². The second-order valence-electron chi connectivity index (χ2n) is 4.29. The maximum absolute atomic E-state index is 12.9. The van der Waals surface area contributed by atoms with E-state index in [4.69, 9.17) is 0 Å². The lowest BCUT2D eigenvalue weighted by Crippen LogP contribution is -2.69. The van der Waals surface area contributed by atoms with Gasteiger partial charge in [-0.25, -0.2) is 0 Å². The van der Waals surface area contributed by atoms with E-state index in [9.17, 15) is 70.2 Å². The van der Waals surface area contributed by atoms with Gasteiger partial charge in [0.15, 0.2) is 0 Å². The molecule has 0 rings (SSSR count). The Morgan fingerprint density at radius 1 is 0.360 bits per heavy atom. The van der Waals surface area contributed by atoms with Gasteiger partial charge in [0.2, 0.25) is 0 Å². The predicted octanol–water partition coefficient (Wildman–Crippen LogP) is 5.84. The van der Waals surface area contributed by atoms with Crippen molar-refractivity contribution in [3.8, 4) is 0 Å². The largest absolute Gasteiger partial charge is 0.460 e. The van der Waals surface area contributed by atoms with Gasteiger partial charge in [-0.1, -0.05) is 0 Å². The van der Waals surface area contributed by atoms with E-state index in [1.807, 2.05) is 0 Å². The summed E-state index contributed by atoms with van der Waals surface area (Å²) in [6.07, 6.45) is -17.3. The third-order valence-electron chi connectivity index (χ3n) is 2.44. The fourth-order valence-corrected chi connectivity index (χ4v) is 1.09. The standard InChI is InChI=1S/C9H2F16/c10-3(11,1-2-4(12,13)14)5(15,16)6(17,18)7(19,20)8(21,22)9(23,24)25/h1-2H. The van der Waals surface area contributed by atoms with Crippen molar-refractivity contribution in [2.75, 3.05) is 0 Å². The van der Waals surface area contributed by atoms with Gasteiger partial charge in [0.05, 0.1) is 0 Å². The van der Waals surface area contributed by atoms with Gasteiger partial charge >= 0.3 is 42.0 Å². The average Bonchev–Trinajstić information content (AvgIpc) is 2.33. The van der Waals surface area contributed by atoms with Crippen LogP contribution in [0.4, 0.5) is 70.2 Å². The fraction of sp³-hybridized carbons (Fsp3) is 0.778. The molecular weight excluding hydrogens is 412 g/mol. The van der Waals surface area contributed by atoms with Crippen molar-refractivity contribution in [1.82, 2.24) is 0 Å². The maximum atomic E-state index is 12.9. The maximum Gasteiger partial charge on any atom is 0.460 e. The quantitative estimate of drug-likeness (QED) is 0.392. The third-order valence-corrected chi connectivity index (χ3v) is 2.44. The monoisotopic (exact) mass is 414 g/mol. The Bertz CT molecular complexity index is 503. The summed E-state index contributed by atoms with van der Waals surface area (Å²) in [5.41, 5.74) is 0. The summed E-state index contributed by atoms with van der Waals surface area (Å²) >= 11 is 0. The first-order chi connectivity index (χ1) is 10.5. The first kappa shape index (κ1) is 23.6. The van der Waals surface area contributed by atoms with Gasteiger partial charge in [0.25, 0.3) is 0 Å². The van der Waals surface area contributed by atoms with Crippen LogP contribution in [-0.4, -0.2) is 42.0 Å². The van der Waals surface area contributed by atoms with E-state index >= 15 is 0 Å². The molecule has 0 N–H and O–H groups in total. The molecule has 16 heteroatoms. The van der Waals surface area contributed by atoms with Crippen molar-refractivity contribution in [2.24, 2.45) is 0 Å². The average molecular weight is 414 g/mol. The molecule has 0 atom stereocenters. The topological polar surface area (TPSA) is 0 Å². The minimum absolute atomic E-state index is 1.82. The Morgan fingerprint density at radius 3 is 0.960 bits per heavy atom. The molecule has 0 spiro atoms. The first-order valence-electron chi connectivity index (χ1n) is 5.18. The van der Waals surface area contributed by atoms with E-state index in [0.29, 0.717) is 0 Å². The van der Waals surface area contributed by atoms with Crippen LogP contribution >= 0.6 is 0 Å². The normalized spacial score (nSPS) is 16.6. The molecule has 0 amide bonds. The molecule has 0 fully saturated rings. The summed E-state index contributed by atoms with van der Waals surface area (Å²) in [5, 5.41) is 0. The molecule has 0 nitrogen and oxygen atoms in total. The van der Waals surface area contributed by atoms with Crippen LogP contribution in [0.3, 0.4) is 0 Å². The van der Waals surface area contributed by atoms with E-state index < -0.39 is 54.1 Å². The molecular formula is C9H2F16. The van der Waals surface area contributed by atoms with E-state index in [1.54, 1.807) is 0 Å². The number of alkyl halides is 16. The Morgan fingerprint density at radius 2 is 0.680 bits per heavy atom. The summed E-state index contributed by atoms with van der Waals surface area (Å²) in [5.74, 6) is -38.8. The van der Waals surface area contributed by atoms with Crippen molar-refractivity contribution in [1.29, 1.82) is 0 Å². The van der Waals surface area contributed by atoms with Gasteiger partial charge in [0.1, 0.15) is 0 Å². The van der Waals surface area contributed by atoms with Crippen molar-refractivity contribution in [2.45, 2.75) is 42.0 Å². The predicted molar refractivity (Wildman–Crippen MR) is 46.0 cm³/mol. The molecule has 0 aliphatic heterocycles. The summed E-state index contributed by atoms with van der Waals surface area (Å²) in [6, 6.07) is 0. The molecule has 0 saturated heterocycles. The molecule has 0 radical (unpaired) electrons. The molecule has 0 saturated carbocycles. The van der Waals surface area contributed by atoms with E-state index in [-0.39, 0.29) is 0 Å². The highest BCUT2D eigenvalue weighted by Crippen LogP contribution is 2.60. The molecule has 0 aromatic carbocycles. The number of halogens is 16. The highest BCUT2D eigenvalue weighted by atomic mass is 19.4. The number of allylic oxidation sites excluding steroid dienone is 2. The highest BCUT2D eigenvalue weighted by molar-refractivity contribution is 5.15. The summed E-state index contributed by atoms with van der Waals surface area (Å²) in [7, 11) is 0. The van der Waals surface area contributed by atoms with Crippen LogP contribution in [0.2, 0.25) is 0 Å². The molecule has 0 bridgehead atoms. The van der Waals surface area contributed by atoms with Crippen LogP contribution in [0.25, 0.3) is 0 Å². The zero-order chi connectivity index (χ0) is 20.9. The molecule has 0 aromatic heterocycles. The Kier molecular flexibility index (Phi) is 5.50. The van der Waals surface area contributed by atoms with Crippen molar-refractivity contribution < 1.29 is 70.2 Å². The Labute approximate surface area is 126 Å².